The smallest absolute Gasteiger partial charge is 0.204 e. The molecule has 2 N–H and O–H groups in total. The first kappa shape index (κ1) is 10.8. The lowest BCUT2D eigenvalue weighted by atomic mass is 10.3. The van der Waals surface area contributed by atoms with Crippen molar-refractivity contribution in [1.29, 1.82) is 0 Å². The topological polar surface area (TPSA) is 57.2 Å². The standard InChI is InChI=1S/C10H16N2O2/c1-14-7-3-2-5-12-6-4-10(13)9(11)8-12/h4,6,8H,2-3,5,7,11H2,1H3. The van der Waals surface area contributed by atoms with Crippen LogP contribution in [0.3, 0.4) is 0 Å². The van der Waals surface area contributed by atoms with E-state index in [0.29, 0.717) is 5.69 Å². The number of nitrogens with two attached hydrogens (primary N) is 1. The van der Waals surface area contributed by atoms with Gasteiger partial charge in [0.05, 0.1) is 5.69 Å². The number of pyridine rings is 1. The number of ether oxygens (including phenoxy) is 1. The summed E-state index contributed by atoms with van der Waals surface area (Å²) in [4.78, 5) is 11.0. The lowest BCUT2D eigenvalue weighted by Gasteiger charge is -2.06. The Morgan fingerprint density at radius 3 is 2.93 bits per heavy atom. The van der Waals surface area contributed by atoms with Crippen molar-refractivity contribution < 1.29 is 4.74 Å². The molecule has 0 unspecified atom stereocenters. The zero-order valence-corrected chi connectivity index (χ0v) is 8.40. The van der Waals surface area contributed by atoms with Gasteiger partial charge in [0, 0.05) is 38.7 Å². The third-order valence-electron chi connectivity index (χ3n) is 2.02. The second-order valence-electron chi connectivity index (χ2n) is 3.20. The first-order valence-electron chi connectivity index (χ1n) is 4.68. The van der Waals surface area contributed by atoms with Gasteiger partial charge in [-0.3, -0.25) is 4.79 Å². The molecule has 1 aromatic heterocycles. The number of aromatic nitrogens is 1. The van der Waals surface area contributed by atoms with Crippen LogP contribution in [0.4, 0.5) is 5.69 Å². The number of methoxy groups -OCH3 is 1. The van der Waals surface area contributed by atoms with Gasteiger partial charge in [-0.05, 0) is 12.8 Å². The maximum absolute atomic E-state index is 11.0. The Kier molecular flexibility index (Phi) is 4.19. The minimum atomic E-state index is -0.113. The molecule has 0 aliphatic rings. The normalized spacial score (nSPS) is 10.4. The lowest BCUT2D eigenvalue weighted by Crippen LogP contribution is -2.11. The molecule has 1 rings (SSSR count). The minimum Gasteiger partial charge on any atom is -0.394 e. The van der Waals surface area contributed by atoms with E-state index in [1.807, 2.05) is 4.57 Å². The molecule has 1 aromatic rings. The van der Waals surface area contributed by atoms with Crippen LogP contribution in [0.5, 0.6) is 0 Å². The van der Waals surface area contributed by atoms with E-state index in [1.54, 1.807) is 19.5 Å². The molecule has 0 bridgehead atoms. The molecular formula is C10H16N2O2. The fourth-order valence-corrected chi connectivity index (χ4v) is 1.22. The van der Waals surface area contributed by atoms with Crippen LogP contribution in [-0.4, -0.2) is 18.3 Å². The molecule has 78 valence electrons. The van der Waals surface area contributed by atoms with Gasteiger partial charge in [0.1, 0.15) is 0 Å². The van der Waals surface area contributed by atoms with Gasteiger partial charge in [-0.25, -0.2) is 0 Å². The van der Waals surface area contributed by atoms with Crippen LogP contribution in [0.15, 0.2) is 23.3 Å². The van der Waals surface area contributed by atoms with E-state index in [-0.39, 0.29) is 5.43 Å². The van der Waals surface area contributed by atoms with Crippen LogP contribution in [0.2, 0.25) is 0 Å². The molecule has 0 radical (unpaired) electrons. The molecule has 0 amide bonds. The molecule has 0 saturated carbocycles. The number of hydrogen-bond acceptors (Lipinski definition) is 3. The summed E-state index contributed by atoms with van der Waals surface area (Å²) in [6.45, 7) is 1.64. The minimum absolute atomic E-state index is 0.113. The van der Waals surface area contributed by atoms with Crippen LogP contribution in [0.1, 0.15) is 12.8 Å². The van der Waals surface area contributed by atoms with E-state index in [0.717, 1.165) is 26.0 Å². The highest BCUT2D eigenvalue weighted by molar-refractivity contribution is 5.33. The van der Waals surface area contributed by atoms with Crippen molar-refractivity contribution in [1.82, 2.24) is 4.57 Å². The number of nitrogen functional groups attached to an aromatic ring is 1. The van der Waals surface area contributed by atoms with Gasteiger partial charge in [-0.1, -0.05) is 0 Å². The third-order valence-corrected chi connectivity index (χ3v) is 2.02. The third kappa shape index (κ3) is 3.22. The highest BCUT2D eigenvalue weighted by atomic mass is 16.5. The van der Waals surface area contributed by atoms with Crippen LogP contribution in [0, 0.1) is 0 Å². The quantitative estimate of drug-likeness (QED) is 0.710. The highest BCUT2D eigenvalue weighted by Gasteiger charge is 1.94. The van der Waals surface area contributed by atoms with E-state index in [4.69, 9.17) is 10.5 Å². The Morgan fingerprint density at radius 2 is 2.29 bits per heavy atom. The molecule has 0 saturated heterocycles. The van der Waals surface area contributed by atoms with Crippen LogP contribution >= 0.6 is 0 Å². The largest absolute Gasteiger partial charge is 0.394 e. The van der Waals surface area contributed by atoms with Gasteiger partial charge in [0.15, 0.2) is 0 Å². The van der Waals surface area contributed by atoms with E-state index in [9.17, 15) is 4.79 Å². The summed E-state index contributed by atoms with van der Waals surface area (Å²) < 4.78 is 6.86. The molecule has 0 fully saturated rings. The van der Waals surface area contributed by atoms with Crippen LogP contribution in [-0.2, 0) is 11.3 Å². The molecule has 1 heterocycles. The van der Waals surface area contributed by atoms with E-state index in [1.165, 1.54) is 6.07 Å². The maximum atomic E-state index is 11.0. The number of unbranched alkanes of at least 4 members (excludes halogenated alkanes) is 1. The Morgan fingerprint density at radius 1 is 1.50 bits per heavy atom. The average molecular weight is 196 g/mol. The van der Waals surface area contributed by atoms with Crippen molar-refractivity contribution in [3.63, 3.8) is 0 Å². The van der Waals surface area contributed by atoms with Gasteiger partial charge in [0.2, 0.25) is 5.43 Å². The molecule has 4 heteroatoms. The first-order valence-corrected chi connectivity index (χ1v) is 4.68. The molecule has 0 spiro atoms. The molecule has 0 aromatic carbocycles. The Bertz CT molecular complexity index is 333. The molecule has 0 aliphatic carbocycles. The number of aryl methyl sites for hydroxylation is 1. The molecule has 0 atom stereocenters. The molecular weight excluding hydrogens is 180 g/mol. The van der Waals surface area contributed by atoms with Crippen molar-refractivity contribution in [2.24, 2.45) is 0 Å². The first-order chi connectivity index (χ1) is 6.74. The number of rotatable bonds is 5. The number of anilines is 1. The zero-order valence-electron chi connectivity index (χ0n) is 8.40. The second-order valence-corrected chi connectivity index (χ2v) is 3.20. The summed E-state index contributed by atoms with van der Waals surface area (Å²) >= 11 is 0. The van der Waals surface area contributed by atoms with Gasteiger partial charge in [0.25, 0.3) is 0 Å². The fraction of sp³-hybridized carbons (Fsp3) is 0.500. The maximum Gasteiger partial charge on any atom is 0.204 e. The van der Waals surface area contributed by atoms with Gasteiger partial charge in [-0.2, -0.15) is 0 Å². The van der Waals surface area contributed by atoms with Crippen molar-refractivity contribution in [2.45, 2.75) is 19.4 Å². The predicted molar refractivity (Wildman–Crippen MR) is 56.2 cm³/mol. The number of hydrogen-bond donors (Lipinski definition) is 1. The van der Waals surface area contributed by atoms with Crippen molar-refractivity contribution >= 4 is 5.69 Å². The summed E-state index contributed by atoms with van der Waals surface area (Å²) in [7, 11) is 1.69. The molecule has 14 heavy (non-hydrogen) atoms. The summed E-state index contributed by atoms with van der Waals surface area (Å²) in [6.07, 6.45) is 5.47. The van der Waals surface area contributed by atoms with Crippen molar-refractivity contribution in [3.05, 3.63) is 28.7 Å². The predicted octanol–water partition coefficient (Wildman–Crippen LogP) is 0.857. The monoisotopic (exact) mass is 196 g/mol. The van der Waals surface area contributed by atoms with E-state index < -0.39 is 0 Å². The number of nitrogens with zero attached hydrogens (tertiary/aromatic N) is 1. The second kappa shape index (κ2) is 5.44. The highest BCUT2D eigenvalue weighted by Crippen LogP contribution is 1.98. The summed E-state index contributed by atoms with van der Waals surface area (Å²) in [5.74, 6) is 0. The summed E-state index contributed by atoms with van der Waals surface area (Å²) in [5.41, 5.74) is 5.69. The summed E-state index contributed by atoms with van der Waals surface area (Å²) in [5, 5.41) is 0. The van der Waals surface area contributed by atoms with E-state index >= 15 is 0 Å². The van der Waals surface area contributed by atoms with Crippen LogP contribution < -0.4 is 11.2 Å². The van der Waals surface area contributed by atoms with Crippen LogP contribution in [0.25, 0.3) is 0 Å². The van der Waals surface area contributed by atoms with Gasteiger partial charge in [-0.15, -0.1) is 0 Å². The lowest BCUT2D eigenvalue weighted by molar-refractivity contribution is 0.191. The van der Waals surface area contributed by atoms with E-state index in [2.05, 4.69) is 0 Å². The van der Waals surface area contributed by atoms with Crippen molar-refractivity contribution in [2.75, 3.05) is 19.5 Å². The fourth-order valence-electron chi connectivity index (χ4n) is 1.22. The Hall–Kier alpha value is -1.29. The average Bonchev–Trinajstić information content (AvgIpc) is 2.18. The SMILES string of the molecule is COCCCCn1ccc(=O)c(N)c1. The van der Waals surface area contributed by atoms with Gasteiger partial charge < -0.3 is 15.0 Å². The Labute approximate surface area is 83.3 Å². The zero-order chi connectivity index (χ0) is 10.4. The molecule has 0 aliphatic heterocycles. The molecule has 4 nitrogen and oxygen atoms in total. The van der Waals surface area contributed by atoms with Crippen molar-refractivity contribution in [3.8, 4) is 0 Å². The Balaban J connectivity index is 2.43. The van der Waals surface area contributed by atoms with Gasteiger partial charge >= 0.3 is 0 Å². The summed E-state index contributed by atoms with van der Waals surface area (Å²) in [6, 6.07) is 1.49.